The van der Waals surface area contributed by atoms with Crippen LogP contribution in [0.2, 0.25) is 0 Å². The summed E-state index contributed by atoms with van der Waals surface area (Å²) in [6, 6.07) is 0. The van der Waals surface area contributed by atoms with Gasteiger partial charge in [-0.05, 0) is 13.8 Å². The number of rotatable bonds is 4. The molecule has 0 unspecified atom stereocenters. The Morgan fingerprint density at radius 3 is 2.67 bits per heavy atom. The highest BCUT2D eigenvalue weighted by atomic mass is 32.1. The molecule has 0 aliphatic rings. The van der Waals surface area contributed by atoms with Gasteiger partial charge >= 0.3 is 0 Å². The van der Waals surface area contributed by atoms with E-state index in [2.05, 4.69) is 10.4 Å². The number of hydrogen-bond acceptors (Lipinski definition) is 5. The molecule has 0 saturated heterocycles. The molecule has 3 N–H and O–H groups in total. The fourth-order valence-electron chi connectivity index (χ4n) is 2.21. The van der Waals surface area contributed by atoms with Crippen LogP contribution in [0.15, 0.2) is 0 Å². The SMILES string of the molecule is CCN(CC(=O)NC)C(=O)c1sc2c(c(C)nn2C)c1N. The van der Waals surface area contributed by atoms with Crippen LogP contribution in [0.1, 0.15) is 22.3 Å². The Morgan fingerprint density at radius 1 is 1.48 bits per heavy atom. The van der Waals surface area contributed by atoms with Crippen molar-refractivity contribution in [1.29, 1.82) is 0 Å². The van der Waals surface area contributed by atoms with Gasteiger partial charge in [0.25, 0.3) is 5.91 Å². The van der Waals surface area contributed by atoms with E-state index in [1.165, 1.54) is 16.2 Å². The van der Waals surface area contributed by atoms with Gasteiger partial charge in [0.2, 0.25) is 5.91 Å². The van der Waals surface area contributed by atoms with E-state index in [1.54, 1.807) is 11.7 Å². The van der Waals surface area contributed by atoms with E-state index in [0.717, 1.165) is 15.9 Å². The number of aryl methyl sites for hydroxylation is 2. The summed E-state index contributed by atoms with van der Waals surface area (Å²) < 4.78 is 1.72. The van der Waals surface area contributed by atoms with Crippen LogP contribution in [0.3, 0.4) is 0 Å². The van der Waals surface area contributed by atoms with E-state index in [-0.39, 0.29) is 18.4 Å². The highest BCUT2D eigenvalue weighted by molar-refractivity contribution is 7.21. The first-order valence-corrected chi connectivity index (χ1v) is 7.43. The molecule has 2 aromatic heterocycles. The van der Waals surface area contributed by atoms with E-state index in [4.69, 9.17) is 5.73 Å². The lowest BCUT2D eigenvalue weighted by molar-refractivity contribution is -0.121. The lowest BCUT2D eigenvalue weighted by Gasteiger charge is -2.19. The molecular formula is C13H19N5O2S. The number of nitrogens with one attached hydrogen (secondary N) is 1. The molecule has 114 valence electrons. The molecule has 0 fully saturated rings. The van der Waals surface area contributed by atoms with Crippen molar-refractivity contribution in [3.63, 3.8) is 0 Å². The minimum atomic E-state index is -0.223. The third-order valence-corrected chi connectivity index (χ3v) is 4.62. The topological polar surface area (TPSA) is 93.2 Å². The molecule has 0 aliphatic heterocycles. The van der Waals surface area contributed by atoms with E-state index < -0.39 is 0 Å². The summed E-state index contributed by atoms with van der Waals surface area (Å²) in [7, 11) is 3.37. The summed E-state index contributed by atoms with van der Waals surface area (Å²) >= 11 is 1.31. The number of carbonyl (C=O) groups excluding carboxylic acids is 2. The normalized spacial score (nSPS) is 10.9. The number of nitrogens with two attached hydrogens (primary N) is 1. The number of anilines is 1. The third-order valence-electron chi connectivity index (χ3n) is 3.36. The average molecular weight is 309 g/mol. The highest BCUT2D eigenvalue weighted by Crippen LogP contribution is 2.36. The van der Waals surface area contributed by atoms with Gasteiger partial charge in [-0.25, -0.2) is 0 Å². The standard InChI is InChI=1S/C13H19N5O2S/c1-5-18(6-8(19)15-3)12(20)11-10(14)9-7(2)16-17(4)13(9)21-11/h5-6,14H2,1-4H3,(H,15,19). The van der Waals surface area contributed by atoms with Crippen molar-refractivity contribution in [2.24, 2.45) is 7.05 Å². The van der Waals surface area contributed by atoms with Gasteiger partial charge in [-0.15, -0.1) is 11.3 Å². The Kier molecular flexibility index (Phi) is 4.17. The summed E-state index contributed by atoms with van der Waals surface area (Å²) in [5, 5.41) is 7.63. The van der Waals surface area contributed by atoms with Gasteiger partial charge in [0, 0.05) is 20.6 Å². The van der Waals surface area contributed by atoms with Gasteiger partial charge in [-0.1, -0.05) is 0 Å². The minimum absolute atomic E-state index is 0.0246. The maximum atomic E-state index is 12.6. The summed E-state index contributed by atoms with van der Waals surface area (Å²) in [4.78, 5) is 26.9. The van der Waals surface area contributed by atoms with Crippen LogP contribution in [0.5, 0.6) is 0 Å². The molecule has 7 nitrogen and oxygen atoms in total. The van der Waals surface area contributed by atoms with Crippen molar-refractivity contribution >= 4 is 39.1 Å². The second-order valence-electron chi connectivity index (χ2n) is 4.73. The van der Waals surface area contributed by atoms with Crippen molar-refractivity contribution in [1.82, 2.24) is 20.0 Å². The Balaban J connectivity index is 2.40. The van der Waals surface area contributed by atoms with Crippen molar-refractivity contribution in [2.45, 2.75) is 13.8 Å². The molecule has 2 heterocycles. The largest absolute Gasteiger partial charge is 0.397 e. The number of carbonyl (C=O) groups is 2. The van der Waals surface area contributed by atoms with E-state index >= 15 is 0 Å². The molecule has 0 atom stereocenters. The zero-order valence-corrected chi connectivity index (χ0v) is 13.4. The monoisotopic (exact) mass is 309 g/mol. The second-order valence-corrected chi connectivity index (χ2v) is 5.73. The number of likely N-dealkylation sites (N-methyl/N-ethyl adjacent to an activating group) is 2. The van der Waals surface area contributed by atoms with E-state index in [9.17, 15) is 9.59 Å². The number of nitrogens with zero attached hydrogens (tertiary/aromatic N) is 3. The van der Waals surface area contributed by atoms with Crippen LogP contribution in [0, 0.1) is 6.92 Å². The summed E-state index contributed by atoms with van der Waals surface area (Å²) in [6.45, 7) is 4.16. The Hall–Kier alpha value is -2.09. The smallest absolute Gasteiger partial charge is 0.266 e. The molecule has 2 rings (SSSR count). The summed E-state index contributed by atoms with van der Waals surface area (Å²) in [5.74, 6) is -0.429. The van der Waals surface area contributed by atoms with Crippen molar-refractivity contribution < 1.29 is 9.59 Å². The van der Waals surface area contributed by atoms with Crippen LogP contribution in [0.4, 0.5) is 5.69 Å². The van der Waals surface area contributed by atoms with E-state index in [1.807, 2.05) is 20.9 Å². The molecule has 0 saturated carbocycles. The first-order chi connectivity index (χ1) is 9.90. The maximum Gasteiger partial charge on any atom is 0.266 e. The number of fused-ring (bicyclic) bond motifs is 1. The van der Waals surface area contributed by atoms with Gasteiger partial charge in [-0.2, -0.15) is 5.10 Å². The van der Waals surface area contributed by atoms with Crippen LogP contribution >= 0.6 is 11.3 Å². The Labute approximate surface area is 126 Å². The molecule has 0 bridgehead atoms. The fourth-order valence-corrected chi connectivity index (χ4v) is 3.37. The number of thiophene rings is 1. The quantitative estimate of drug-likeness (QED) is 0.871. The molecule has 0 radical (unpaired) electrons. The van der Waals surface area contributed by atoms with Gasteiger partial charge in [-0.3, -0.25) is 14.3 Å². The molecule has 0 aliphatic carbocycles. The van der Waals surface area contributed by atoms with Gasteiger partial charge in [0.05, 0.1) is 23.3 Å². The van der Waals surface area contributed by atoms with Crippen LogP contribution in [0.25, 0.3) is 10.2 Å². The zero-order valence-electron chi connectivity index (χ0n) is 12.6. The lowest BCUT2D eigenvalue weighted by atomic mass is 10.2. The van der Waals surface area contributed by atoms with Gasteiger partial charge in [0.1, 0.15) is 9.71 Å². The number of aromatic nitrogens is 2. The molecule has 2 amide bonds. The maximum absolute atomic E-state index is 12.6. The van der Waals surface area contributed by atoms with Crippen LogP contribution in [-0.2, 0) is 11.8 Å². The minimum Gasteiger partial charge on any atom is -0.397 e. The number of nitrogen functional groups attached to an aromatic ring is 1. The first-order valence-electron chi connectivity index (χ1n) is 6.62. The molecule has 21 heavy (non-hydrogen) atoms. The van der Waals surface area contributed by atoms with E-state index in [0.29, 0.717) is 17.1 Å². The van der Waals surface area contributed by atoms with Gasteiger partial charge < -0.3 is 16.0 Å². The zero-order chi connectivity index (χ0) is 15.7. The summed E-state index contributed by atoms with van der Waals surface area (Å²) in [6.07, 6.45) is 0. The third kappa shape index (κ3) is 2.58. The Bertz CT molecular complexity index is 703. The average Bonchev–Trinajstić information content (AvgIpc) is 2.94. The highest BCUT2D eigenvalue weighted by Gasteiger charge is 2.25. The molecule has 2 aromatic rings. The molecular weight excluding hydrogens is 290 g/mol. The Morgan fingerprint density at radius 2 is 2.14 bits per heavy atom. The predicted octanol–water partition coefficient (Wildman–Crippen LogP) is 0.734. The summed E-state index contributed by atoms with van der Waals surface area (Å²) in [5.41, 5.74) is 7.36. The van der Waals surface area contributed by atoms with Crippen LogP contribution < -0.4 is 11.1 Å². The predicted molar refractivity (Wildman–Crippen MR) is 83.4 cm³/mol. The molecule has 0 spiro atoms. The van der Waals surface area contributed by atoms with Crippen molar-refractivity contribution in [3.8, 4) is 0 Å². The van der Waals surface area contributed by atoms with Crippen molar-refractivity contribution in [3.05, 3.63) is 10.6 Å². The van der Waals surface area contributed by atoms with Crippen molar-refractivity contribution in [2.75, 3.05) is 25.9 Å². The van der Waals surface area contributed by atoms with Gasteiger partial charge in [0.15, 0.2) is 0 Å². The first kappa shape index (κ1) is 15.3. The lowest BCUT2D eigenvalue weighted by Crippen LogP contribution is -2.39. The second kappa shape index (κ2) is 5.72. The molecule has 0 aromatic carbocycles. The number of hydrogen-bond donors (Lipinski definition) is 2. The number of amides is 2. The van der Waals surface area contributed by atoms with Crippen LogP contribution in [-0.4, -0.2) is 46.6 Å². The molecule has 8 heteroatoms. The fraction of sp³-hybridized carbons (Fsp3) is 0.462.